The van der Waals surface area contributed by atoms with Crippen LogP contribution in [0.4, 0.5) is 13.2 Å². The molecular formula is C18H14F3N7O3. The van der Waals surface area contributed by atoms with Gasteiger partial charge in [-0.05, 0) is 5.56 Å². The van der Waals surface area contributed by atoms with Gasteiger partial charge < -0.3 is 9.26 Å². The van der Waals surface area contributed by atoms with Crippen LogP contribution in [0.5, 0.6) is 5.75 Å². The van der Waals surface area contributed by atoms with E-state index in [1.165, 1.54) is 33.9 Å². The number of alkyl halides is 3. The minimum absolute atomic E-state index is 0.130. The third-order valence-corrected chi connectivity index (χ3v) is 4.11. The monoisotopic (exact) mass is 433 g/mol. The molecule has 0 aliphatic carbocycles. The van der Waals surface area contributed by atoms with E-state index in [0.29, 0.717) is 17.7 Å². The van der Waals surface area contributed by atoms with Crippen LogP contribution >= 0.6 is 0 Å². The third kappa shape index (κ3) is 4.76. The van der Waals surface area contributed by atoms with Gasteiger partial charge in [0.25, 0.3) is 0 Å². The summed E-state index contributed by atoms with van der Waals surface area (Å²) in [5.74, 6) is -1.47. The molecule has 0 amide bonds. The molecule has 4 rings (SSSR count). The van der Waals surface area contributed by atoms with Gasteiger partial charge in [-0.15, -0.1) is 0 Å². The predicted molar refractivity (Wildman–Crippen MR) is 97.9 cm³/mol. The fourth-order valence-corrected chi connectivity index (χ4v) is 2.64. The zero-order valence-electron chi connectivity index (χ0n) is 15.7. The lowest BCUT2D eigenvalue weighted by Gasteiger charge is -2.09. The van der Waals surface area contributed by atoms with Crippen LogP contribution in [0.2, 0.25) is 0 Å². The Morgan fingerprint density at radius 2 is 1.74 bits per heavy atom. The minimum Gasteiger partial charge on any atom is -0.486 e. The molecule has 0 spiro atoms. The second-order valence-electron chi connectivity index (χ2n) is 6.25. The van der Waals surface area contributed by atoms with Crippen LogP contribution in [0.3, 0.4) is 0 Å². The Morgan fingerprint density at radius 1 is 1.00 bits per heavy atom. The van der Waals surface area contributed by atoms with E-state index >= 15 is 0 Å². The first-order valence-corrected chi connectivity index (χ1v) is 8.93. The van der Waals surface area contributed by atoms with Gasteiger partial charge in [0.2, 0.25) is 5.82 Å². The number of nitrogens with zero attached hydrogens (tertiary/aromatic N) is 7. The Hall–Kier alpha value is -4.03. The molecule has 0 N–H and O–H groups in total. The van der Waals surface area contributed by atoms with Gasteiger partial charge in [0.05, 0.1) is 31.7 Å². The first kappa shape index (κ1) is 20.3. The topological polar surface area (TPSA) is 114 Å². The van der Waals surface area contributed by atoms with Crippen LogP contribution in [0.25, 0.3) is 11.4 Å². The van der Waals surface area contributed by atoms with Gasteiger partial charge in [-0.2, -0.15) is 38.2 Å². The number of benzene rings is 1. The summed E-state index contributed by atoms with van der Waals surface area (Å²) in [6.45, 7) is 0.715. The van der Waals surface area contributed by atoms with Crippen molar-refractivity contribution >= 4 is 0 Å². The number of aromatic nitrogens is 7. The summed E-state index contributed by atoms with van der Waals surface area (Å²) in [6, 6.07) is 7.78. The third-order valence-electron chi connectivity index (χ3n) is 4.11. The Bertz CT molecular complexity index is 1200. The maximum atomic E-state index is 12.6. The van der Waals surface area contributed by atoms with Gasteiger partial charge in [0.1, 0.15) is 6.61 Å². The molecule has 13 heteroatoms. The van der Waals surface area contributed by atoms with Crippen LogP contribution in [-0.4, -0.2) is 41.5 Å². The van der Waals surface area contributed by atoms with Crippen molar-refractivity contribution in [3.05, 3.63) is 70.7 Å². The largest absolute Gasteiger partial charge is 0.486 e. The lowest BCUT2D eigenvalue weighted by molar-refractivity contribution is -0.159. The molecule has 0 saturated heterocycles. The summed E-state index contributed by atoms with van der Waals surface area (Å²) < 4.78 is 48.7. The van der Waals surface area contributed by atoms with Crippen molar-refractivity contribution in [1.82, 2.24) is 34.9 Å². The molecule has 3 heterocycles. The van der Waals surface area contributed by atoms with Crippen molar-refractivity contribution in [1.29, 1.82) is 0 Å². The van der Waals surface area contributed by atoms with E-state index in [9.17, 15) is 18.0 Å². The molecule has 0 bridgehead atoms. The average Bonchev–Trinajstić information content (AvgIpc) is 3.43. The quantitative estimate of drug-likeness (QED) is 0.435. The summed E-state index contributed by atoms with van der Waals surface area (Å²) >= 11 is 0. The first-order chi connectivity index (χ1) is 14.9. The van der Waals surface area contributed by atoms with E-state index in [2.05, 4.69) is 30.0 Å². The molecule has 0 aliphatic rings. The van der Waals surface area contributed by atoms with E-state index in [0.717, 1.165) is 0 Å². The second kappa shape index (κ2) is 8.38. The van der Waals surface area contributed by atoms with E-state index in [1.54, 1.807) is 24.5 Å². The van der Waals surface area contributed by atoms with Crippen LogP contribution in [0, 0.1) is 0 Å². The highest BCUT2D eigenvalue weighted by atomic mass is 19.4. The molecule has 1 aromatic carbocycles. The van der Waals surface area contributed by atoms with Gasteiger partial charge in [-0.1, -0.05) is 29.4 Å². The standard InChI is InChI=1S/C18H14F3N7O3/c19-18(20,21)17-25-15(26-31-17)13-3-1-12(2-4-13)11-27-16(29)14(5-6-22-27)30-10-9-28-23-7-8-24-28/h1-8H,9-11H2. The molecule has 0 fully saturated rings. The highest BCUT2D eigenvalue weighted by Gasteiger charge is 2.38. The molecule has 0 saturated carbocycles. The van der Waals surface area contributed by atoms with E-state index in [1.807, 2.05) is 0 Å². The van der Waals surface area contributed by atoms with Gasteiger partial charge >= 0.3 is 17.6 Å². The normalized spacial score (nSPS) is 11.6. The van der Waals surface area contributed by atoms with Gasteiger partial charge in [0.15, 0.2) is 5.75 Å². The van der Waals surface area contributed by atoms with Crippen molar-refractivity contribution in [3.63, 3.8) is 0 Å². The molecule has 0 radical (unpaired) electrons. The van der Waals surface area contributed by atoms with Crippen LogP contribution in [-0.2, 0) is 19.3 Å². The van der Waals surface area contributed by atoms with Gasteiger partial charge in [0, 0.05) is 11.6 Å². The summed E-state index contributed by atoms with van der Waals surface area (Å²) in [5, 5.41) is 15.3. The summed E-state index contributed by atoms with van der Waals surface area (Å²) in [7, 11) is 0. The summed E-state index contributed by atoms with van der Waals surface area (Å²) in [5.41, 5.74) is 0.608. The zero-order chi connectivity index (χ0) is 21.8. The predicted octanol–water partition coefficient (Wildman–Crippen LogP) is 2.03. The molecule has 10 nitrogen and oxygen atoms in total. The maximum absolute atomic E-state index is 12.6. The van der Waals surface area contributed by atoms with Crippen LogP contribution < -0.4 is 10.3 Å². The fraction of sp³-hybridized carbons (Fsp3) is 0.222. The number of rotatable bonds is 7. The molecule has 4 aromatic rings. The number of halogens is 3. The first-order valence-electron chi connectivity index (χ1n) is 8.93. The molecule has 0 unspecified atom stereocenters. The van der Waals surface area contributed by atoms with E-state index in [-0.39, 0.29) is 24.7 Å². The Morgan fingerprint density at radius 3 is 2.42 bits per heavy atom. The van der Waals surface area contributed by atoms with Crippen molar-refractivity contribution in [2.45, 2.75) is 19.3 Å². The Balaban J connectivity index is 1.43. The molecule has 0 atom stereocenters. The molecule has 0 aliphatic heterocycles. The smallest absolute Gasteiger partial charge is 0.471 e. The van der Waals surface area contributed by atoms with Crippen LogP contribution in [0.1, 0.15) is 11.5 Å². The van der Waals surface area contributed by atoms with Crippen molar-refractivity contribution in [2.24, 2.45) is 0 Å². The molecular weight excluding hydrogens is 419 g/mol. The zero-order valence-corrected chi connectivity index (χ0v) is 15.7. The average molecular weight is 433 g/mol. The highest BCUT2D eigenvalue weighted by Crippen LogP contribution is 2.29. The maximum Gasteiger partial charge on any atom is 0.471 e. The number of ether oxygens (including phenoxy) is 1. The van der Waals surface area contributed by atoms with Crippen molar-refractivity contribution < 1.29 is 22.4 Å². The Labute approximate surface area is 171 Å². The second-order valence-corrected chi connectivity index (χ2v) is 6.25. The lowest BCUT2D eigenvalue weighted by Crippen LogP contribution is -2.25. The lowest BCUT2D eigenvalue weighted by atomic mass is 10.1. The summed E-state index contributed by atoms with van der Waals surface area (Å²) in [6.07, 6.45) is -0.188. The molecule has 31 heavy (non-hydrogen) atoms. The minimum atomic E-state index is -4.71. The highest BCUT2D eigenvalue weighted by molar-refractivity contribution is 5.54. The summed E-state index contributed by atoms with van der Waals surface area (Å²) in [4.78, 5) is 17.3. The molecule has 160 valence electrons. The van der Waals surface area contributed by atoms with Crippen LogP contribution in [0.15, 0.2) is 58.2 Å². The van der Waals surface area contributed by atoms with Gasteiger partial charge in [-0.25, -0.2) is 4.68 Å². The number of hydrogen-bond acceptors (Lipinski definition) is 8. The van der Waals surface area contributed by atoms with Gasteiger partial charge in [-0.3, -0.25) is 4.79 Å². The van der Waals surface area contributed by atoms with Crippen molar-refractivity contribution in [3.8, 4) is 17.1 Å². The van der Waals surface area contributed by atoms with Crippen molar-refractivity contribution in [2.75, 3.05) is 6.61 Å². The van der Waals surface area contributed by atoms with E-state index in [4.69, 9.17) is 4.74 Å². The van der Waals surface area contributed by atoms with E-state index < -0.39 is 17.6 Å². The fourth-order valence-electron chi connectivity index (χ4n) is 2.64. The Kier molecular flexibility index (Phi) is 5.47. The molecule has 3 aromatic heterocycles. The number of hydrogen-bond donors (Lipinski definition) is 0. The SMILES string of the molecule is O=c1c(OCCn2nccn2)ccnn1Cc1ccc(-c2noc(C(F)(F)F)n2)cc1.